The normalized spacial score (nSPS) is 12.6. The molecule has 64 heavy (non-hydrogen) atoms. The van der Waals surface area contributed by atoms with Gasteiger partial charge in [-0.05, 0) is 96.3 Å². The zero-order valence-corrected chi connectivity index (χ0v) is 42.0. The van der Waals surface area contributed by atoms with Crippen LogP contribution in [0.1, 0.15) is 258 Å². The van der Waals surface area contributed by atoms with Crippen LogP contribution in [-0.4, -0.2) is 37.2 Å². The van der Waals surface area contributed by atoms with Gasteiger partial charge in [-0.15, -0.1) is 0 Å². The lowest BCUT2D eigenvalue weighted by Gasteiger charge is -2.18. The molecule has 0 aromatic heterocycles. The lowest BCUT2D eigenvalue weighted by atomic mass is 10.1. The Labute approximate surface area is 395 Å². The molecule has 0 spiro atoms. The summed E-state index contributed by atoms with van der Waals surface area (Å²) in [5, 5.41) is 0. The Morgan fingerprint density at radius 2 is 0.672 bits per heavy atom. The topological polar surface area (TPSA) is 78.9 Å². The van der Waals surface area contributed by atoms with Crippen molar-refractivity contribution in [3.8, 4) is 0 Å². The second-order valence-corrected chi connectivity index (χ2v) is 17.8. The molecule has 0 bridgehead atoms. The van der Waals surface area contributed by atoms with E-state index in [0.29, 0.717) is 19.3 Å². The van der Waals surface area contributed by atoms with E-state index in [9.17, 15) is 14.4 Å². The molecule has 0 aromatic rings. The molecule has 6 nitrogen and oxygen atoms in total. The molecule has 0 aliphatic carbocycles. The summed E-state index contributed by atoms with van der Waals surface area (Å²) in [6.45, 7) is 6.44. The van der Waals surface area contributed by atoms with E-state index in [1.54, 1.807) is 0 Å². The number of unbranched alkanes of at least 4 members (excludes halogenated alkanes) is 26. The largest absolute Gasteiger partial charge is 0.462 e. The van der Waals surface area contributed by atoms with Crippen LogP contribution >= 0.6 is 0 Å². The molecule has 0 radical (unpaired) electrons. The minimum Gasteiger partial charge on any atom is -0.462 e. The van der Waals surface area contributed by atoms with Crippen molar-refractivity contribution < 1.29 is 28.6 Å². The van der Waals surface area contributed by atoms with Crippen LogP contribution in [0.25, 0.3) is 0 Å². The Kier molecular flexibility index (Phi) is 49.9. The lowest BCUT2D eigenvalue weighted by molar-refractivity contribution is -0.167. The third-order valence-electron chi connectivity index (χ3n) is 11.4. The van der Waals surface area contributed by atoms with Gasteiger partial charge in [-0.3, -0.25) is 14.4 Å². The van der Waals surface area contributed by atoms with Crippen LogP contribution in [0.3, 0.4) is 0 Å². The highest BCUT2D eigenvalue weighted by Gasteiger charge is 2.19. The van der Waals surface area contributed by atoms with Gasteiger partial charge in [-0.25, -0.2) is 0 Å². The highest BCUT2D eigenvalue weighted by atomic mass is 16.6. The second-order valence-electron chi connectivity index (χ2n) is 17.8. The monoisotopic (exact) mass is 893 g/mol. The van der Waals surface area contributed by atoms with Crippen molar-refractivity contribution >= 4 is 17.9 Å². The van der Waals surface area contributed by atoms with E-state index in [4.69, 9.17) is 14.2 Å². The average Bonchev–Trinajstić information content (AvgIpc) is 3.29. The number of allylic oxidation sites excluding steroid dienone is 12. The molecule has 0 N–H and O–H groups in total. The maximum Gasteiger partial charge on any atom is 0.306 e. The van der Waals surface area contributed by atoms with Crippen molar-refractivity contribution in [2.75, 3.05) is 13.2 Å². The summed E-state index contributed by atoms with van der Waals surface area (Å²) in [7, 11) is 0. The van der Waals surface area contributed by atoms with Crippen molar-refractivity contribution in [1.29, 1.82) is 0 Å². The first kappa shape index (κ1) is 60.9. The molecule has 1 unspecified atom stereocenters. The SMILES string of the molecule is CC/C=C\C/C=C\C/C=C\CCCCCCCCC(=O)OC(COC(=O)CCCCC/C=C\C=C/CCCC)COC(=O)CCCCCCCCC/C=C\CCCCCCCCCC. The predicted octanol–water partition coefficient (Wildman–Crippen LogP) is 17.8. The summed E-state index contributed by atoms with van der Waals surface area (Å²) in [5.74, 6) is -0.935. The van der Waals surface area contributed by atoms with Crippen LogP contribution in [0.2, 0.25) is 0 Å². The highest BCUT2D eigenvalue weighted by molar-refractivity contribution is 5.71. The van der Waals surface area contributed by atoms with Gasteiger partial charge in [-0.2, -0.15) is 0 Å². The smallest absolute Gasteiger partial charge is 0.306 e. The van der Waals surface area contributed by atoms with Gasteiger partial charge in [-0.1, -0.05) is 216 Å². The van der Waals surface area contributed by atoms with Crippen molar-refractivity contribution in [3.05, 3.63) is 72.9 Å². The van der Waals surface area contributed by atoms with Crippen molar-refractivity contribution in [2.45, 2.75) is 264 Å². The first-order valence-corrected chi connectivity index (χ1v) is 27.0. The lowest BCUT2D eigenvalue weighted by Crippen LogP contribution is -2.30. The number of rotatable bonds is 48. The van der Waals surface area contributed by atoms with E-state index >= 15 is 0 Å². The standard InChI is InChI=1S/C58H100O6/c1-4-7-10-13-16-19-22-24-26-28-29-30-32-33-36-39-42-45-48-51-57(60)63-54-55(53-62-56(59)50-47-44-41-38-35-21-18-15-12-9-6-3)64-58(61)52-49-46-43-40-37-34-31-27-25-23-20-17-14-11-8-5-2/h8,11,15,17-18,20-21,25,27-29,35,55H,4-7,9-10,12-14,16,19,22-24,26,30-34,36-54H2,1-3H3/b11-8-,18-15-,20-17-,27-25-,29-28-,35-21-. The van der Waals surface area contributed by atoms with Gasteiger partial charge in [0, 0.05) is 19.3 Å². The molecule has 0 amide bonds. The summed E-state index contributed by atoms with van der Waals surface area (Å²) in [4.78, 5) is 38.0. The molecule has 368 valence electrons. The maximum absolute atomic E-state index is 12.8. The Hall–Kier alpha value is -3.15. The van der Waals surface area contributed by atoms with E-state index in [2.05, 4.69) is 93.7 Å². The fraction of sp³-hybridized carbons (Fsp3) is 0.741. The van der Waals surface area contributed by atoms with Gasteiger partial charge >= 0.3 is 17.9 Å². The molecule has 0 rings (SSSR count). The molecule has 0 aliphatic heterocycles. The molecular weight excluding hydrogens is 793 g/mol. The molecule has 0 aromatic carbocycles. The Bertz CT molecular complexity index is 1210. The summed E-state index contributed by atoms with van der Waals surface area (Å²) < 4.78 is 16.8. The van der Waals surface area contributed by atoms with Gasteiger partial charge in [0.25, 0.3) is 0 Å². The quantitative estimate of drug-likeness (QED) is 0.0199. The van der Waals surface area contributed by atoms with Crippen molar-refractivity contribution in [1.82, 2.24) is 0 Å². The van der Waals surface area contributed by atoms with E-state index in [1.165, 1.54) is 116 Å². The second kappa shape index (κ2) is 52.5. The molecule has 0 saturated carbocycles. The molecule has 0 heterocycles. The van der Waals surface area contributed by atoms with Crippen LogP contribution in [-0.2, 0) is 28.6 Å². The van der Waals surface area contributed by atoms with Gasteiger partial charge in [0.05, 0.1) is 0 Å². The molecular formula is C58H100O6. The minimum absolute atomic E-state index is 0.0916. The van der Waals surface area contributed by atoms with Crippen LogP contribution in [0.15, 0.2) is 72.9 Å². The Morgan fingerprint density at radius 3 is 1.12 bits per heavy atom. The first-order valence-electron chi connectivity index (χ1n) is 27.0. The van der Waals surface area contributed by atoms with Crippen LogP contribution in [0, 0.1) is 0 Å². The zero-order valence-electron chi connectivity index (χ0n) is 42.0. The molecule has 0 saturated heterocycles. The fourth-order valence-corrected chi connectivity index (χ4v) is 7.37. The number of hydrogen-bond donors (Lipinski definition) is 0. The third-order valence-corrected chi connectivity index (χ3v) is 11.4. The Balaban J connectivity index is 4.38. The third kappa shape index (κ3) is 49.9. The van der Waals surface area contributed by atoms with Gasteiger partial charge < -0.3 is 14.2 Å². The van der Waals surface area contributed by atoms with Crippen LogP contribution < -0.4 is 0 Å². The van der Waals surface area contributed by atoms with E-state index < -0.39 is 6.10 Å². The average molecular weight is 893 g/mol. The molecule has 1 atom stereocenters. The molecule has 0 aliphatic rings. The summed E-state index contributed by atoms with van der Waals surface area (Å²) in [6.07, 6.45) is 66.1. The van der Waals surface area contributed by atoms with Crippen molar-refractivity contribution in [2.24, 2.45) is 0 Å². The summed E-state index contributed by atoms with van der Waals surface area (Å²) in [5.41, 5.74) is 0. The van der Waals surface area contributed by atoms with Crippen molar-refractivity contribution in [3.63, 3.8) is 0 Å². The molecule has 6 heteroatoms. The number of ether oxygens (including phenoxy) is 3. The van der Waals surface area contributed by atoms with E-state index in [0.717, 1.165) is 103 Å². The minimum atomic E-state index is -0.794. The number of esters is 3. The van der Waals surface area contributed by atoms with E-state index in [-0.39, 0.29) is 31.1 Å². The van der Waals surface area contributed by atoms with Gasteiger partial charge in [0.15, 0.2) is 6.10 Å². The summed E-state index contributed by atoms with van der Waals surface area (Å²) >= 11 is 0. The number of carbonyl (C=O) groups excluding carboxylic acids is 3. The number of hydrogen-bond acceptors (Lipinski definition) is 6. The van der Waals surface area contributed by atoms with E-state index in [1.807, 2.05) is 0 Å². The first-order chi connectivity index (χ1) is 31.5. The van der Waals surface area contributed by atoms with Crippen LogP contribution in [0.5, 0.6) is 0 Å². The number of carbonyl (C=O) groups is 3. The predicted molar refractivity (Wildman–Crippen MR) is 274 cm³/mol. The summed E-state index contributed by atoms with van der Waals surface area (Å²) in [6, 6.07) is 0. The zero-order chi connectivity index (χ0) is 46.5. The Morgan fingerprint density at radius 1 is 0.344 bits per heavy atom. The molecule has 0 fully saturated rings. The van der Waals surface area contributed by atoms with Gasteiger partial charge in [0.1, 0.15) is 13.2 Å². The maximum atomic E-state index is 12.8. The fourth-order valence-electron chi connectivity index (χ4n) is 7.37. The van der Waals surface area contributed by atoms with Crippen LogP contribution in [0.4, 0.5) is 0 Å². The van der Waals surface area contributed by atoms with Gasteiger partial charge in [0.2, 0.25) is 0 Å². The highest BCUT2D eigenvalue weighted by Crippen LogP contribution is 2.14.